The summed E-state index contributed by atoms with van der Waals surface area (Å²) in [6.45, 7) is 2.89. The molecule has 0 fully saturated rings. The molecular weight excluding hydrogens is 280 g/mol. The molecule has 2 N–H and O–H groups in total. The summed E-state index contributed by atoms with van der Waals surface area (Å²) in [4.78, 5) is 0.0368. The number of rotatable bonds is 6. The number of aromatic nitrogens is 3. The minimum Gasteiger partial charge on any atom is -0.508 e. The van der Waals surface area contributed by atoms with Crippen molar-refractivity contribution < 1.29 is 13.5 Å². The number of aromatic hydroxyl groups is 1. The maximum Gasteiger partial charge on any atom is 0.240 e. The quantitative estimate of drug-likeness (QED) is 0.810. The average Bonchev–Trinajstić information content (AvgIpc) is 2.86. The van der Waals surface area contributed by atoms with Crippen LogP contribution in [-0.2, 0) is 23.0 Å². The fourth-order valence-corrected chi connectivity index (χ4v) is 2.73. The summed E-state index contributed by atoms with van der Waals surface area (Å²) in [6, 6.07) is 5.53. The number of aryl methyl sites for hydroxylation is 1. The highest BCUT2D eigenvalue weighted by Gasteiger charge is 2.14. The smallest absolute Gasteiger partial charge is 0.240 e. The Labute approximate surface area is 117 Å². The highest BCUT2D eigenvalue weighted by molar-refractivity contribution is 7.89. The van der Waals surface area contributed by atoms with Crippen molar-refractivity contribution in [2.75, 3.05) is 6.54 Å². The van der Waals surface area contributed by atoms with Gasteiger partial charge >= 0.3 is 0 Å². The Balaban J connectivity index is 1.96. The lowest BCUT2D eigenvalue weighted by Crippen LogP contribution is -2.26. The summed E-state index contributed by atoms with van der Waals surface area (Å²) in [5.74, 6) is -0.0845. The molecule has 0 saturated heterocycles. The van der Waals surface area contributed by atoms with E-state index in [1.807, 2.05) is 6.92 Å². The van der Waals surface area contributed by atoms with Crippen molar-refractivity contribution in [3.63, 3.8) is 0 Å². The lowest BCUT2D eigenvalue weighted by Gasteiger charge is -2.05. The molecular formula is C12H16N4O3S. The molecule has 1 aromatic carbocycles. The molecule has 0 atom stereocenters. The second-order valence-corrected chi connectivity index (χ2v) is 5.98. The molecule has 0 bridgehead atoms. The van der Waals surface area contributed by atoms with E-state index in [-0.39, 0.29) is 17.2 Å². The molecule has 1 heterocycles. The van der Waals surface area contributed by atoms with Crippen molar-refractivity contribution in [1.29, 1.82) is 0 Å². The molecule has 0 aliphatic heterocycles. The third-order valence-corrected chi connectivity index (χ3v) is 4.17. The van der Waals surface area contributed by atoms with Gasteiger partial charge in [0.25, 0.3) is 0 Å². The molecule has 0 saturated carbocycles. The number of nitrogens with one attached hydrogen (secondary N) is 1. The van der Waals surface area contributed by atoms with Crippen LogP contribution in [0.2, 0.25) is 0 Å². The number of phenols is 1. The first-order valence-electron chi connectivity index (χ1n) is 6.19. The Kier molecular flexibility index (Phi) is 4.35. The van der Waals surface area contributed by atoms with E-state index in [1.165, 1.54) is 24.3 Å². The van der Waals surface area contributed by atoms with Gasteiger partial charge in [-0.1, -0.05) is 11.3 Å². The maximum absolute atomic E-state index is 12.0. The van der Waals surface area contributed by atoms with Gasteiger partial charge in [-0.15, -0.1) is 5.10 Å². The van der Waals surface area contributed by atoms with Gasteiger partial charge in [-0.3, -0.25) is 4.68 Å². The largest absolute Gasteiger partial charge is 0.508 e. The summed E-state index contributed by atoms with van der Waals surface area (Å²) in [5.41, 5.74) is 0.727. The van der Waals surface area contributed by atoms with Gasteiger partial charge in [0.05, 0.1) is 10.6 Å². The number of sulfonamides is 1. The highest BCUT2D eigenvalue weighted by Crippen LogP contribution is 2.15. The summed E-state index contributed by atoms with van der Waals surface area (Å²) in [7, 11) is -3.62. The SMILES string of the molecule is CCn1cc(CCNS(=O)(=O)c2cccc(O)c2)nn1. The molecule has 2 rings (SSSR count). The van der Waals surface area contributed by atoms with E-state index in [0.717, 1.165) is 12.2 Å². The Hall–Kier alpha value is -1.93. The first-order chi connectivity index (χ1) is 9.51. The molecule has 1 aromatic heterocycles. The molecule has 2 aromatic rings. The van der Waals surface area contributed by atoms with Crippen molar-refractivity contribution in [2.45, 2.75) is 24.8 Å². The van der Waals surface area contributed by atoms with E-state index in [4.69, 9.17) is 0 Å². The van der Waals surface area contributed by atoms with Crippen molar-refractivity contribution >= 4 is 10.0 Å². The number of hydrogen-bond donors (Lipinski definition) is 2. The second kappa shape index (κ2) is 6.02. The second-order valence-electron chi connectivity index (χ2n) is 4.21. The van der Waals surface area contributed by atoms with Crippen LogP contribution >= 0.6 is 0 Å². The van der Waals surface area contributed by atoms with Crippen LogP contribution in [0.5, 0.6) is 5.75 Å². The third kappa shape index (κ3) is 3.55. The average molecular weight is 296 g/mol. The first-order valence-corrected chi connectivity index (χ1v) is 7.67. The Bertz CT molecular complexity index is 682. The van der Waals surface area contributed by atoms with Crippen LogP contribution in [0.1, 0.15) is 12.6 Å². The Morgan fingerprint density at radius 1 is 1.40 bits per heavy atom. The van der Waals surface area contributed by atoms with Gasteiger partial charge < -0.3 is 5.11 Å². The molecule has 0 aliphatic rings. The maximum atomic E-state index is 12.0. The van der Waals surface area contributed by atoms with Gasteiger partial charge in [0.2, 0.25) is 10.0 Å². The normalized spacial score (nSPS) is 11.7. The predicted molar refractivity (Wildman–Crippen MR) is 72.7 cm³/mol. The highest BCUT2D eigenvalue weighted by atomic mass is 32.2. The van der Waals surface area contributed by atoms with Gasteiger partial charge in [0.15, 0.2) is 0 Å². The van der Waals surface area contributed by atoms with Crippen molar-refractivity contribution in [3.05, 3.63) is 36.2 Å². The van der Waals surface area contributed by atoms with Crippen molar-refractivity contribution in [1.82, 2.24) is 19.7 Å². The van der Waals surface area contributed by atoms with E-state index in [9.17, 15) is 13.5 Å². The van der Waals surface area contributed by atoms with Crippen LogP contribution in [0.3, 0.4) is 0 Å². The Morgan fingerprint density at radius 2 is 2.20 bits per heavy atom. The van der Waals surface area contributed by atoms with Crippen LogP contribution in [0.15, 0.2) is 35.4 Å². The van der Waals surface area contributed by atoms with E-state index < -0.39 is 10.0 Å². The molecule has 20 heavy (non-hydrogen) atoms. The van der Waals surface area contributed by atoms with Gasteiger partial charge in [-0.25, -0.2) is 13.1 Å². The number of phenolic OH excluding ortho intramolecular Hbond substituents is 1. The predicted octanol–water partition coefficient (Wildman–Crippen LogP) is 0.525. The Morgan fingerprint density at radius 3 is 2.85 bits per heavy atom. The zero-order valence-electron chi connectivity index (χ0n) is 11.0. The van der Waals surface area contributed by atoms with E-state index in [2.05, 4.69) is 15.0 Å². The standard InChI is InChI=1S/C12H16N4O3S/c1-2-16-9-10(14-15-16)6-7-13-20(18,19)12-5-3-4-11(17)8-12/h3-5,8-9,13,17H,2,6-7H2,1H3. The lowest BCUT2D eigenvalue weighted by molar-refractivity contribution is 0.473. The molecule has 8 heteroatoms. The number of benzene rings is 1. The fourth-order valence-electron chi connectivity index (χ4n) is 1.66. The zero-order valence-corrected chi connectivity index (χ0v) is 11.8. The van der Waals surface area contributed by atoms with E-state index in [0.29, 0.717) is 6.42 Å². The third-order valence-electron chi connectivity index (χ3n) is 2.71. The van der Waals surface area contributed by atoms with Gasteiger partial charge in [-0.2, -0.15) is 0 Å². The van der Waals surface area contributed by atoms with Gasteiger partial charge in [-0.05, 0) is 25.1 Å². The van der Waals surface area contributed by atoms with E-state index in [1.54, 1.807) is 10.9 Å². The lowest BCUT2D eigenvalue weighted by atomic mass is 10.3. The summed E-state index contributed by atoms with van der Waals surface area (Å²) in [5, 5.41) is 17.1. The molecule has 7 nitrogen and oxygen atoms in total. The number of hydrogen-bond acceptors (Lipinski definition) is 5. The fraction of sp³-hybridized carbons (Fsp3) is 0.333. The van der Waals surface area contributed by atoms with Crippen molar-refractivity contribution in [3.8, 4) is 5.75 Å². The molecule has 0 unspecified atom stereocenters. The molecule has 0 aliphatic carbocycles. The minimum absolute atomic E-state index is 0.0368. The van der Waals surface area contributed by atoms with E-state index >= 15 is 0 Å². The first kappa shape index (κ1) is 14.5. The summed E-state index contributed by atoms with van der Waals surface area (Å²) >= 11 is 0. The topological polar surface area (TPSA) is 97.1 Å². The minimum atomic E-state index is -3.62. The van der Waals surface area contributed by atoms with Crippen LogP contribution in [0.25, 0.3) is 0 Å². The van der Waals surface area contributed by atoms with Crippen LogP contribution in [0.4, 0.5) is 0 Å². The summed E-state index contributed by atoms with van der Waals surface area (Å²) < 4.78 is 28.1. The zero-order chi connectivity index (χ0) is 14.6. The van der Waals surface area contributed by atoms with Crippen LogP contribution in [0, 0.1) is 0 Å². The van der Waals surface area contributed by atoms with Crippen molar-refractivity contribution in [2.24, 2.45) is 0 Å². The molecule has 0 amide bonds. The molecule has 0 spiro atoms. The van der Waals surface area contributed by atoms with Gasteiger partial charge in [0.1, 0.15) is 5.75 Å². The number of nitrogens with zero attached hydrogens (tertiary/aromatic N) is 3. The monoisotopic (exact) mass is 296 g/mol. The van der Waals surface area contributed by atoms with Gasteiger partial charge in [0, 0.05) is 25.7 Å². The van der Waals surface area contributed by atoms with Crippen LogP contribution in [-0.4, -0.2) is 35.1 Å². The summed E-state index contributed by atoms with van der Waals surface area (Å²) in [6.07, 6.45) is 2.24. The van der Waals surface area contributed by atoms with Crippen LogP contribution < -0.4 is 4.72 Å². The molecule has 0 radical (unpaired) electrons. The molecule has 108 valence electrons.